The maximum absolute atomic E-state index is 11.1. The first-order chi connectivity index (χ1) is 10.1. The fourth-order valence-electron chi connectivity index (χ4n) is 1.81. The van der Waals surface area contributed by atoms with Gasteiger partial charge < -0.3 is 20.8 Å². The number of rotatable bonds is 5. The summed E-state index contributed by atoms with van der Waals surface area (Å²) in [6, 6.07) is 12.2. The maximum atomic E-state index is 11.1. The van der Waals surface area contributed by atoms with E-state index in [1.165, 1.54) is 0 Å². The molecule has 0 saturated carbocycles. The number of phenols is 1. The van der Waals surface area contributed by atoms with Crippen molar-refractivity contribution in [1.82, 2.24) is 0 Å². The Kier molecular flexibility index (Phi) is 5.03. The number of carbonyl (C=O) groups excluding carboxylic acids is 1. The van der Waals surface area contributed by atoms with Crippen LogP contribution in [0.4, 0.5) is 11.4 Å². The number of aliphatic hydroxyl groups excluding tert-OH is 1. The molecule has 1 amide bonds. The number of halogens is 1. The molecule has 0 aromatic heterocycles. The Balaban J connectivity index is 2.05. The van der Waals surface area contributed by atoms with Crippen LogP contribution in [0.15, 0.2) is 42.5 Å². The van der Waals surface area contributed by atoms with Crippen LogP contribution in [0, 0.1) is 0 Å². The Labute approximate surface area is 127 Å². The van der Waals surface area contributed by atoms with Crippen LogP contribution >= 0.6 is 11.6 Å². The zero-order valence-corrected chi connectivity index (χ0v) is 11.9. The number of aromatic hydroxyl groups is 1. The SMILES string of the molecule is O=C(CO)Nc1cccc(NCc2cccc(Cl)c2O)c1. The van der Waals surface area contributed by atoms with Crippen molar-refractivity contribution < 1.29 is 15.0 Å². The molecule has 2 rings (SSSR count). The highest BCUT2D eigenvalue weighted by Crippen LogP contribution is 2.27. The lowest BCUT2D eigenvalue weighted by atomic mass is 10.2. The molecule has 0 bridgehead atoms. The number of aliphatic hydroxyl groups is 1. The molecule has 110 valence electrons. The summed E-state index contributed by atoms with van der Waals surface area (Å²) in [5.74, 6) is -0.420. The maximum Gasteiger partial charge on any atom is 0.250 e. The van der Waals surface area contributed by atoms with E-state index < -0.39 is 12.5 Å². The highest BCUT2D eigenvalue weighted by molar-refractivity contribution is 6.32. The number of anilines is 2. The molecule has 4 N–H and O–H groups in total. The molecule has 0 spiro atoms. The minimum Gasteiger partial charge on any atom is -0.506 e. The first-order valence-corrected chi connectivity index (χ1v) is 6.69. The van der Waals surface area contributed by atoms with Crippen LogP contribution in [-0.2, 0) is 11.3 Å². The third kappa shape index (κ3) is 4.11. The van der Waals surface area contributed by atoms with Crippen LogP contribution in [0.5, 0.6) is 5.75 Å². The average molecular weight is 307 g/mol. The predicted molar refractivity (Wildman–Crippen MR) is 82.6 cm³/mol. The third-order valence-corrected chi connectivity index (χ3v) is 3.15. The molecular weight excluding hydrogens is 292 g/mol. The van der Waals surface area contributed by atoms with Crippen molar-refractivity contribution in [3.63, 3.8) is 0 Å². The summed E-state index contributed by atoms with van der Waals surface area (Å²) in [6.07, 6.45) is 0. The van der Waals surface area contributed by atoms with E-state index in [1.54, 1.807) is 36.4 Å². The lowest BCUT2D eigenvalue weighted by Gasteiger charge is -2.10. The lowest BCUT2D eigenvalue weighted by Crippen LogP contribution is -2.15. The molecule has 0 atom stereocenters. The van der Waals surface area contributed by atoms with Crippen molar-refractivity contribution in [2.45, 2.75) is 6.54 Å². The van der Waals surface area contributed by atoms with Gasteiger partial charge in [0.05, 0.1) is 5.02 Å². The average Bonchev–Trinajstić information content (AvgIpc) is 2.49. The van der Waals surface area contributed by atoms with Gasteiger partial charge in [-0.1, -0.05) is 29.8 Å². The second kappa shape index (κ2) is 6.97. The normalized spacial score (nSPS) is 10.2. The molecule has 2 aromatic carbocycles. The Morgan fingerprint density at radius 1 is 1.14 bits per heavy atom. The fourth-order valence-corrected chi connectivity index (χ4v) is 2.00. The summed E-state index contributed by atoms with van der Waals surface area (Å²) in [5.41, 5.74) is 2.02. The Bertz CT molecular complexity index is 647. The molecule has 0 fully saturated rings. The Morgan fingerprint density at radius 2 is 1.86 bits per heavy atom. The van der Waals surface area contributed by atoms with Gasteiger partial charge in [-0.2, -0.15) is 0 Å². The quantitative estimate of drug-likeness (QED) is 0.684. The first kappa shape index (κ1) is 15.2. The van der Waals surface area contributed by atoms with Gasteiger partial charge in [-0.15, -0.1) is 0 Å². The number of hydrogen-bond donors (Lipinski definition) is 4. The highest BCUT2D eigenvalue weighted by Gasteiger charge is 2.05. The van der Waals surface area contributed by atoms with Gasteiger partial charge in [0.25, 0.3) is 0 Å². The van der Waals surface area contributed by atoms with Gasteiger partial charge >= 0.3 is 0 Å². The third-order valence-electron chi connectivity index (χ3n) is 2.84. The van der Waals surface area contributed by atoms with Gasteiger partial charge in [-0.25, -0.2) is 0 Å². The smallest absolute Gasteiger partial charge is 0.250 e. The zero-order valence-electron chi connectivity index (χ0n) is 11.1. The molecule has 0 aliphatic rings. The molecule has 2 aromatic rings. The molecule has 0 aliphatic carbocycles. The van der Waals surface area contributed by atoms with Gasteiger partial charge in [0, 0.05) is 23.5 Å². The second-order valence-corrected chi connectivity index (χ2v) is 4.80. The van der Waals surface area contributed by atoms with E-state index in [0.717, 1.165) is 5.69 Å². The molecule has 6 heteroatoms. The van der Waals surface area contributed by atoms with Crippen LogP contribution < -0.4 is 10.6 Å². The van der Waals surface area contributed by atoms with Crippen LogP contribution in [0.1, 0.15) is 5.56 Å². The van der Waals surface area contributed by atoms with E-state index in [2.05, 4.69) is 10.6 Å². The van der Waals surface area contributed by atoms with E-state index in [-0.39, 0.29) is 5.75 Å². The summed E-state index contributed by atoms with van der Waals surface area (Å²) in [7, 11) is 0. The van der Waals surface area contributed by atoms with Gasteiger partial charge in [0.1, 0.15) is 12.4 Å². The van der Waals surface area contributed by atoms with Crippen molar-refractivity contribution in [3.8, 4) is 5.75 Å². The minimum atomic E-state index is -0.561. The van der Waals surface area contributed by atoms with Gasteiger partial charge in [0.15, 0.2) is 0 Å². The predicted octanol–water partition coefficient (Wildman–Crippen LogP) is 2.59. The van der Waals surface area contributed by atoms with Crippen LogP contribution in [0.25, 0.3) is 0 Å². The van der Waals surface area contributed by atoms with E-state index >= 15 is 0 Å². The molecule has 0 radical (unpaired) electrons. The number of phenolic OH excluding ortho intramolecular Hbond substituents is 1. The van der Waals surface area contributed by atoms with Crippen molar-refractivity contribution >= 4 is 28.9 Å². The largest absolute Gasteiger partial charge is 0.506 e. The Morgan fingerprint density at radius 3 is 2.62 bits per heavy atom. The van der Waals surface area contributed by atoms with Crippen molar-refractivity contribution in [3.05, 3.63) is 53.1 Å². The van der Waals surface area contributed by atoms with Crippen molar-refractivity contribution in [2.75, 3.05) is 17.2 Å². The fraction of sp³-hybridized carbons (Fsp3) is 0.133. The molecule has 0 aliphatic heterocycles. The van der Waals surface area contributed by atoms with Crippen LogP contribution in [0.3, 0.4) is 0 Å². The molecular formula is C15H15ClN2O3. The summed E-state index contributed by atoms with van der Waals surface area (Å²) >= 11 is 5.85. The summed E-state index contributed by atoms with van der Waals surface area (Å²) < 4.78 is 0. The van der Waals surface area contributed by atoms with E-state index in [9.17, 15) is 9.90 Å². The summed E-state index contributed by atoms with van der Waals surface area (Å²) in [5, 5.41) is 24.5. The van der Waals surface area contributed by atoms with Crippen molar-refractivity contribution in [1.29, 1.82) is 0 Å². The van der Waals surface area contributed by atoms with E-state index in [0.29, 0.717) is 22.8 Å². The van der Waals surface area contributed by atoms with E-state index in [1.807, 2.05) is 6.07 Å². The van der Waals surface area contributed by atoms with Crippen LogP contribution in [0.2, 0.25) is 5.02 Å². The lowest BCUT2D eigenvalue weighted by molar-refractivity contribution is -0.118. The summed E-state index contributed by atoms with van der Waals surface area (Å²) in [6.45, 7) is -0.169. The number of para-hydroxylation sites is 1. The second-order valence-electron chi connectivity index (χ2n) is 4.39. The molecule has 0 heterocycles. The van der Waals surface area contributed by atoms with Crippen LogP contribution in [-0.4, -0.2) is 22.7 Å². The van der Waals surface area contributed by atoms with Gasteiger partial charge in [-0.05, 0) is 24.3 Å². The molecule has 21 heavy (non-hydrogen) atoms. The highest BCUT2D eigenvalue weighted by atomic mass is 35.5. The number of carbonyl (C=O) groups is 1. The van der Waals surface area contributed by atoms with Gasteiger partial charge in [0.2, 0.25) is 5.91 Å². The Hall–Kier alpha value is -2.24. The van der Waals surface area contributed by atoms with Gasteiger partial charge in [-0.3, -0.25) is 4.79 Å². The number of nitrogens with one attached hydrogen (secondary N) is 2. The standard InChI is InChI=1S/C15H15ClN2O3/c16-13-6-1-3-10(15(13)21)8-17-11-4-2-5-12(7-11)18-14(20)9-19/h1-7,17,19,21H,8-9H2,(H,18,20). The molecule has 5 nitrogen and oxygen atoms in total. The number of benzene rings is 2. The topological polar surface area (TPSA) is 81.6 Å². The first-order valence-electron chi connectivity index (χ1n) is 6.31. The zero-order chi connectivity index (χ0) is 15.2. The minimum absolute atomic E-state index is 0.0522. The van der Waals surface area contributed by atoms with Crippen molar-refractivity contribution in [2.24, 2.45) is 0 Å². The summed E-state index contributed by atoms with van der Waals surface area (Å²) in [4.78, 5) is 11.1. The molecule has 0 unspecified atom stereocenters. The number of amides is 1. The molecule has 0 saturated heterocycles. The monoisotopic (exact) mass is 306 g/mol. The number of hydrogen-bond acceptors (Lipinski definition) is 4. The van der Waals surface area contributed by atoms with E-state index in [4.69, 9.17) is 16.7 Å².